The van der Waals surface area contributed by atoms with Crippen LogP contribution in [0.5, 0.6) is 5.75 Å². The van der Waals surface area contributed by atoms with Crippen molar-refractivity contribution in [1.29, 1.82) is 0 Å². The van der Waals surface area contributed by atoms with Crippen LogP contribution >= 0.6 is 0 Å². The van der Waals surface area contributed by atoms with Gasteiger partial charge in [0.05, 0.1) is 25.2 Å². The van der Waals surface area contributed by atoms with Gasteiger partial charge in [0.15, 0.2) is 17.3 Å². The van der Waals surface area contributed by atoms with Gasteiger partial charge < -0.3 is 48.3 Å². The second-order valence-electron chi connectivity index (χ2n) is 17.3. The average Bonchev–Trinajstić information content (AvgIpc) is 3.29. The third-order valence-electron chi connectivity index (χ3n) is 11.6. The number of phenols is 1. The van der Waals surface area contributed by atoms with Crippen LogP contribution in [0, 0.1) is 11.8 Å². The lowest BCUT2D eigenvalue weighted by Crippen LogP contribution is -2.47. The second kappa shape index (κ2) is 37.4. The number of nitrogens with two attached hydrogens (primary N) is 3. The average molecular weight is 930 g/mol. The van der Waals surface area contributed by atoms with Crippen molar-refractivity contribution in [2.75, 3.05) is 39.9 Å². The Morgan fingerprint density at radius 2 is 1.18 bits per heavy atom. The molecule has 0 aliphatic carbocycles. The van der Waals surface area contributed by atoms with Gasteiger partial charge in [-0.3, -0.25) is 38.4 Å². The van der Waals surface area contributed by atoms with Crippen molar-refractivity contribution in [2.24, 2.45) is 29.0 Å². The number of phenolic OH excluding ortho intramolecular Hbond substituents is 1. The summed E-state index contributed by atoms with van der Waals surface area (Å²) in [5.74, 6) is -5.71. The third-order valence-corrected chi connectivity index (χ3v) is 11.6. The fraction of sp³-hybridized carbons (Fsp3) is 0.714. The van der Waals surface area contributed by atoms with E-state index in [9.17, 15) is 43.5 Å². The van der Waals surface area contributed by atoms with Crippen LogP contribution < -0.4 is 38.5 Å². The Kier molecular flexibility index (Phi) is 33.6. The van der Waals surface area contributed by atoms with Crippen molar-refractivity contribution < 1.29 is 48.2 Å². The van der Waals surface area contributed by atoms with Gasteiger partial charge in [-0.2, -0.15) is 0 Å². The lowest BCUT2D eigenvalue weighted by Gasteiger charge is -2.25. The number of unbranched alkanes of at least 4 members (excludes halogenated alkanes) is 11. The maximum absolute atomic E-state index is 14.1. The lowest BCUT2D eigenvalue weighted by molar-refractivity contribution is -0.135. The predicted molar refractivity (Wildman–Crippen MR) is 255 cm³/mol. The molecule has 0 bridgehead atoms. The number of rotatable bonds is 42. The summed E-state index contributed by atoms with van der Waals surface area (Å²) in [6, 6.07) is 3.83. The normalized spacial score (nSPS) is 12.9. The molecule has 0 radical (unpaired) electrons. The molecule has 5 amide bonds. The van der Waals surface area contributed by atoms with Crippen molar-refractivity contribution in [2.45, 2.75) is 173 Å². The smallest absolute Gasteiger partial charge is 0.224 e. The van der Waals surface area contributed by atoms with Crippen LogP contribution in [0.2, 0.25) is 0 Å². The molecule has 17 nitrogen and oxygen atoms in total. The highest BCUT2D eigenvalue weighted by Gasteiger charge is 2.32. The molecule has 374 valence electrons. The van der Waals surface area contributed by atoms with Crippen LogP contribution in [0.3, 0.4) is 0 Å². The molecule has 0 aromatic heterocycles. The highest BCUT2D eigenvalue weighted by molar-refractivity contribution is 5.96. The number of Topliss-reactive ketones (excluding diaryl/α,β-unsaturated/α-hetero) is 3. The minimum atomic E-state index is -1.18. The number of hydrogen-bond donors (Lipinski definition) is 8. The van der Waals surface area contributed by atoms with Crippen LogP contribution in [-0.2, 0) is 49.5 Å². The van der Waals surface area contributed by atoms with Crippen molar-refractivity contribution in [3.05, 3.63) is 29.8 Å². The van der Waals surface area contributed by atoms with Gasteiger partial charge in [-0.05, 0) is 82.2 Å². The molecule has 0 fully saturated rings. The molecule has 0 spiro atoms. The monoisotopic (exact) mass is 930 g/mol. The maximum Gasteiger partial charge on any atom is 0.224 e. The highest BCUT2D eigenvalue weighted by atomic mass is 16.5. The summed E-state index contributed by atoms with van der Waals surface area (Å²) < 4.78 is 5.59. The molecule has 0 aliphatic rings. The summed E-state index contributed by atoms with van der Waals surface area (Å²) >= 11 is 0. The molecule has 4 atom stereocenters. The van der Waals surface area contributed by atoms with Crippen LogP contribution in [0.1, 0.15) is 160 Å². The molecule has 11 N–H and O–H groups in total. The van der Waals surface area contributed by atoms with Crippen LogP contribution in [0.25, 0.3) is 0 Å². The van der Waals surface area contributed by atoms with Gasteiger partial charge in [0, 0.05) is 64.0 Å². The quantitative estimate of drug-likeness (QED) is 0.0430. The van der Waals surface area contributed by atoms with Gasteiger partial charge in [-0.1, -0.05) is 83.3 Å². The zero-order valence-corrected chi connectivity index (χ0v) is 40.0. The molecule has 1 aromatic carbocycles. The first-order valence-electron chi connectivity index (χ1n) is 24.4. The Hall–Kier alpha value is -4.74. The number of primary amides is 1. The molecule has 17 heteroatoms. The van der Waals surface area contributed by atoms with Gasteiger partial charge in [-0.15, -0.1) is 0 Å². The number of ether oxygens (including phenoxy) is 1. The number of nitrogens with one attached hydrogen (secondary N) is 4. The van der Waals surface area contributed by atoms with E-state index in [0.29, 0.717) is 57.4 Å². The zero-order valence-electron chi connectivity index (χ0n) is 40.0. The molecule has 0 aliphatic heterocycles. The largest absolute Gasteiger partial charge is 0.508 e. The lowest BCUT2D eigenvalue weighted by atomic mass is 9.89. The van der Waals surface area contributed by atoms with Gasteiger partial charge in [0.1, 0.15) is 5.75 Å². The highest BCUT2D eigenvalue weighted by Crippen LogP contribution is 2.20. The van der Waals surface area contributed by atoms with Crippen LogP contribution in [0.15, 0.2) is 24.3 Å². The second-order valence-corrected chi connectivity index (χ2v) is 17.3. The summed E-state index contributed by atoms with van der Waals surface area (Å²) in [7, 11) is 1.49. The van der Waals surface area contributed by atoms with Gasteiger partial charge in [0.2, 0.25) is 29.5 Å². The molecule has 0 saturated heterocycles. The van der Waals surface area contributed by atoms with Crippen molar-refractivity contribution >= 4 is 46.9 Å². The van der Waals surface area contributed by atoms with E-state index in [-0.39, 0.29) is 93.6 Å². The Balaban J connectivity index is 2.90. The third kappa shape index (κ3) is 29.0. The summed E-state index contributed by atoms with van der Waals surface area (Å²) in [6.07, 6.45) is 13.9. The molecule has 1 aromatic rings. The summed E-state index contributed by atoms with van der Waals surface area (Å²) in [5, 5.41) is 20.5. The van der Waals surface area contributed by atoms with Gasteiger partial charge in [-0.25, -0.2) is 0 Å². The topological polar surface area (TPSA) is 292 Å². The molecular weight excluding hydrogens is 847 g/mol. The fourth-order valence-corrected chi connectivity index (χ4v) is 7.54. The maximum atomic E-state index is 14.1. The van der Waals surface area contributed by atoms with E-state index >= 15 is 0 Å². The summed E-state index contributed by atoms with van der Waals surface area (Å²) in [5.41, 5.74) is 17.4. The Labute approximate surface area is 393 Å². The Morgan fingerprint density at radius 3 is 1.77 bits per heavy atom. The van der Waals surface area contributed by atoms with Crippen LogP contribution in [-0.4, -0.2) is 104 Å². The number of aromatic hydroxyl groups is 1. The van der Waals surface area contributed by atoms with Crippen molar-refractivity contribution in [3.8, 4) is 5.75 Å². The fourth-order valence-electron chi connectivity index (χ4n) is 7.54. The van der Waals surface area contributed by atoms with Crippen LogP contribution in [0.4, 0.5) is 0 Å². The zero-order chi connectivity index (χ0) is 49.0. The number of amides is 5. The number of carbonyl (C=O) groups excluding carboxylic acids is 8. The molecule has 0 saturated carbocycles. The molecule has 66 heavy (non-hydrogen) atoms. The molecule has 0 unspecified atom stereocenters. The Bertz CT molecular complexity index is 1590. The minimum Gasteiger partial charge on any atom is -0.508 e. The number of hydrogen-bond acceptors (Lipinski definition) is 12. The SMILES string of the molecule is CCCCCCCCCCCCOCCC(=O)NCC(=O)CCC(=O)N[C@@H](Cc1ccc(O)cc1)C(=O)C[C@@H](CCC(N)=O)C(=O)N[C@@H](CCCCN)C(=O)C[C@@H](CCCCN)C(=O)NC. The van der Waals surface area contributed by atoms with E-state index in [1.54, 1.807) is 12.1 Å². The summed E-state index contributed by atoms with van der Waals surface area (Å²) in [4.78, 5) is 105. The first-order valence-corrected chi connectivity index (χ1v) is 24.4. The summed E-state index contributed by atoms with van der Waals surface area (Å²) in [6.45, 7) is 3.56. The molecular formula is C49H83N7O10. The van der Waals surface area contributed by atoms with E-state index in [4.69, 9.17) is 21.9 Å². The number of benzene rings is 1. The number of ketones is 3. The van der Waals surface area contributed by atoms with Gasteiger partial charge >= 0.3 is 0 Å². The van der Waals surface area contributed by atoms with E-state index < -0.39 is 53.8 Å². The first-order chi connectivity index (χ1) is 31.7. The van der Waals surface area contributed by atoms with Gasteiger partial charge in [0.25, 0.3) is 0 Å². The Morgan fingerprint density at radius 1 is 0.606 bits per heavy atom. The first kappa shape index (κ1) is 59.3. The van der Waals surface area contributed by atoms with E-state index in [2.05, 4.69) is 28.2 Å². The molecule has 0 heterocycles. The molecule has 1 rings (SSSR count). The minimum absolute atomic E-state index is 0.0101. The predicted octanol–water partition coefficient (Wildman–Crippen LogP) is 4.12. The van der Waals surface area contributed by atoms with Crippen molar-refractivity contribution in [3.63, 3.8) is 0 Å². The van der Waals surface area contributed by atoms with Crippen molar-refractivity contribution in [1.82, 2.24) is 21.3 Å². The van der Waals surface area contributed by atoms with E-state index in [1.165, 1.54) is 70.5 Å². The standard InChI is InChI=1S/C49H83N7O10/c1-3-4-5-6-7-8-9-10-11-16-30-66-31-27-46(62)54-35-40(58)24-26-47(63)55-42(32-36-19-22-39(57)23-20-36)44(60)34-38(21-25-45(52)61)49(65)56-41(18-13-15-29-51)43(59)33-37(48(64)53-2)17-12-14-28-50/h19-20,22-23,37-38,41-42,57H,3-18,21,24-35,50-51H2,1-2H3,(H2,52,61)(H,53,64)(H,54,62)(H,55,63)(H,56,65)/t37-,38-,41+,42+/m1/s1. The number of carbonyl (C=O) groups is 8. The van der Waals surface area contributed by atoms with E-state index in [1.807, 2.05) is 0 Å². The van der Waals surface area contributed by atoms with E-state index in [0.717, 1.165) is 12.8 Å².